The lowest BCUT2D eigenvalue weighted by molar-refractivity contribution is 0.0696. The van der Waals surface area contributed by atoms with Crippen LogP contribution in [-0.4, -0.2) is 26.5 Å². The van der Waals surface area contributed by atoms with Crippen LogP contribution in [0.1, 0.15) is 15.9 Å². The maximum Gasteiger partial charge on any atom is 0.335 e. The van der Waals surface area contributed by atoms with Crippen molar-refractivity contribution < 1.29 is 27.5 Å². The molecule has 0 unspecified atom stereocenters. The summed E-state index contributed by atoms with van der Waals surface area (Å²) < 4.78 is 34.8. The molecule has 4 rings (SSSR count). The third-order valence-electron chi connectivity index (χ3n) is 5.12. The van der Waals surface area contributed by atoms with Gasteiger partial charge in [0, 0.05) is 13.1 Å². The van der Waals surface area contributed by atoms with Crippen molar-refractivity contribution in [2.24, 2.45) is 0 Å². The maximum absolute atomic E-state index is 13.0. The van der Waals surface area contributed by atoms with Gasteiger partial charge in [-0.3, -0.25) is 9.10 Å². The van der Waals surface area contributed by atoms with Crippen molar-refractivity contribution in [1.29, 1.82) is 0 Å². The molecule has 0 aliphatic carbocycles. The largest absolute Gasteiger partial charge is 0.489 e. The molecule has 0 radical (unpaired) electrons. The minimum atomic E-state index is -2.74. The van der Waals surface area contributed by atoms with Crippen LogP contribution in [-0.2, 0) is 17.5 Å². The molecule has 0 bridgehead atoms. The number of carbonyl (C=O) groups is 1. The quantitative estimate of drug-likeness (QED) is 0.400. The van der Waals surface area contributed by atoms with Gasteiger partial charge in [-0.25, -0.2) is 13.2 Å². The number of nitrogens with zero attached hydrogens (tertiary/aromatic N) is 1. The molecule has 4 aromatic rings. The van der Waals surface area contributed by atoms with Gasteiger partial charge >= 0.3 is 5.97 Å². The van der Waals surface area contributed by atoms with Crippen LogP contribution < -0.4 is 14.5 Å². The summed E-state index contributed by atoms with van der Waals surface area (Å²) in [4.78, 5) is 24.1. The van der Waals surface area contributed by atoms with Gasteiger partial charge in [-0.1, -0.05) is 24.3 Å². The van der Waals surface area contributed by atoms with E-state index in [0.29, 0.717) is 39.1 Å². The van der Waals surface area contributed by atoms with Gasteiger partial charge in [-0.2, -0.15) is 0 Å². The van der Waals surface area contributed by atoms with Gasteiger partial charge < -0.3 is 14.3 Å². The zero-order valence-corrected chi connectivity index (χ0v) is 18.3. The average molecular weight is 465 g/mol. The third kappa shape index (κ3) is 4.73. The number of carboxylic acids is 1. The van der Waals surface area contributed by atoms with Crippen LogP contribution in [0.2, 0.25) is 0 Å². The Balaban J connectivity index is 1.57. The number of hydrogen-bond donors (Lipinski definition) is 2. The number of anilines is 1. The van der Waals surface area contributed by atoms with Crippen LogP contribution >= 0.6 is 0 Å². The van der Waals surface area contributed by atoms with Crippen molar-refractivity contribution in [2.75, 3.05) is 11.4 Å². The zero-order valence-electron chi connectivity index (χ0n) is 17.4. The lowest BCUT2D eigenvalue weighted by Gasteiger charge is -2.11. The summed E-state index contributed by atoms with van der Waals surface area (Å²) in [6, 6.07) is 17.8. The van der Waals surface area contributed by atoms with Gasteiger partial charge in [0.1, 0.15) is 24.2 Å². The number of hydrogen-bond acceptors (Lipinski definition) is 6. The predicted molar refractivity (Wildman–Crippen MR) is 124 cm³/mol. The maximum atomic E-state index is 13.0. The number of carboxylic acid groups (broad SMARTS) is 1. The van der Waals surface area contributed by atoms with E-state index < -0.39 is 16.9 Å². The van der Waals surface area contributed by atoms with Gasteiger partial charge in [0.05, 0.1) is 22.2 Å². The molecule has 0 amide bonds. The van der Waals surface area contributed by atoms with Crippen molar-refractivity contribution in [1.82, 2.24) is 0 Å². The van der Waals surface area contributed by atoms with Crippen LogP contribution in [0.3, 0.4) is 0 Å². The topological polar surface area (TPSA) is 114 Å². The Morgan fingerprint density at radius 3 is 2.52 bits per heavy atom. The molecule has 1 aromatic heterocycles. The second-order valence-corrected chi connectivity index (χ2v) is 8.31. The molecule has 168 valence electrons. The number of thiol groups is 1. The van der Waals surface area contributed by atoms with Crippen LogP contribution in [0.15, 0.2) is 82.2 Å². The number of aromatic carboxylic acids is 1. The van der Waals surface area contributed by atoms with Gasteiger partial charge in [0.15, 0.2) is 5.43 Å². The Kier molecular flexibility index (Phi) is 6.14. The first-order valence-electron chi connectivity index (χ1n) is 9.82. The first-order valence-corrected chi connectivity index (χ1v) is 11.0. The van der Waals surface area contributed by atoms with E-state index in [1.165, 1.54) is 25.4 Å². The Hall–Kier alpha value is -4.11. The van der Waals surface area contributed by atoms with E-state index in [0.717, 1.165) is 4.31 Å². The summed E-state index contributed by atoms with van der Waals surface area (Å²) in [5.41, 5.74) is 2.42. The van der Waals surface area contributed by atoms with Gasteiger partial charge in [0.2, 0.25) is 10.9 Å². The molecule has 0 saturated carbocycles. The highest BCUT2D eigenvalue weighted by atomic mass is 32.2. The monoisotopic (exact) mass is 465 g/mol. The number of ether oxygens (including phenoxy) is 1. The minimum absolute atomic E-state index is 0.157. The fraction of sp³-hybridized carbons (Fsp3) is 0.0833. The summed E-state index contributed by atoms with van der Waals surface area (Å²) in [6.45, 7) is 0.157. The molecule has 9 heteroatoms. The molecule has 0 saturated heterocycles. The van der Waals surface area contributed by atoms with Crippen LogP contribution in [0, 0.1) is 0 Å². The first-order chi connectivity index (χ1) is 15.8. The van der Waals surface area contributed by atoms with Crippen molar-refractivity contribution in [3.63, 3.8) is 0 Å². The Morgan fingerprint density at radius 1 is 1.06 bits per heavy atom. The molecule has 0 aliphatic heterocycles. The van der Waals surface area contributed by atoms with E-state index in [9.17, 15) is 18.0 Å². The molecule has 0 atom stereocenters. The number of benzene rings is 3. The third-order valence-corrected chi connectivity index (χ3v) is 5.84. The van der Waals surface area contributed by atoms with Gasteiger partial charge in [0.25, 0.3) is 0 Å². The highest BCUT2D eigenvalue weighted by molar-refractivity contribution is 7.74. The SMILES string of the molecule is CN(c1ccc(-c2coc3cc(OCc4cccc(C(=O)O)c4)ccc3c2=O)cc1)[SH](=O)=O. The Labute approximate surface area is 190 Å². The van der Waals surface area contributed by atoms with Crippen LogP contribution in [0.25, 0.3) is 22.1 Å². The highest BCUT2D eigenvalue weighted by Gasteiger charge is 2.12. The summed E-state index contributed by atoms with van der Waals surface area (Å²) in [5.74, 6) is -0.541. The van der Waals surface area contributed by atoms with E-state index in [1.54, 1.807) is 54.6 Å². The molecule has 0 fully saturated rings. The summed E-state index contributed by atoms with van der Waals surface area (Å²) in [5, 5.41) is 9.47. The fourth-order valence-electron chi connectivity index (χ4n) is 3.31. The van der Waals surface area contributed by atoms with Crippen molar-refractivity contribution in [3.05, 3.63) is 94.3 Å². The van der Waals surface area contributed by atoms with E-state index >= 15 is 0 Å². The van der Waals surface area contributed by atoms with E-state index in [-0.39, 0.29) is 17.6 Å². The smallest absolute Gasteiger partial charge is 0.335 e. The predicted octanol–water partition coefficient (Wildman–Crippen LogP) is 3.70. The summed E-state index contributed by atoms with van der Waals surface area (Å²) in [7, 11) is -1.30. The molecule has 0 aliphatic rings. The summed E-state index contributed by atoms with van der Waals surface area (Å²) in [6.07, 6.45) is 1.36. The van der Waals surface area contributed by atoms with Crippen LogP contribution in [0.5, 0.6) is 5.75 Å². The average Bonchev–Trinajstić information content (AvgIpc) is 2.82. The molecule has 8 nitrogen and oxygen atoms in total. The second kappa shape index (κ2) is 9.17. The Morgan fingerprint density at radius 2 is 1.82 bits per heavy atom. The fourth-order valence-corrected chi connectivity index (χ4v) is 3.63. The zero-order chi connectivity index (χ0) is 23.5. The molecule has 0 spiro atoms. The highest BCUT2D eigenvalue weighted by Crippen LogP contribution is 2.25. The van der Waals surface area contributed by atoms with Crippen molar-refractivity contribution in [2.45, 2.75) is 6.61 Å². The normalized spacial score (nSPS) is 11.0. The van der Waals surface area contributed by atoms with Crippen LogP contribution in [0.4, 0.5) is 5.69 Å². The Bertz CT molecular complexity index is 1460. The molecular weight excluding hydrogens is 446 g/mol. The molecule has 1 heterocycles. The molecule has 33 heavy (non-hydrogen) atoms. The lowest BCUT2D eigenvalue weighted by Crippen LogP contribution is -2.13. The summed E-state index contributed by atoms with van der Waals surface area (Å²) >= 11 is 0. The lowest BCUT2D eigenvalue weighted by atomic mass is 10.1. The van der Waals surface area contributed by atoms with E-state index in [1.807, 2.05) is 0 Å². The van der Waals surface area contributed by atoms with E-state index in [4.69, 9.17) is 14.3 Å². The standard InChI is InChI=1S/C24H19NO7S/c1-25(33(29)30)18-7-5-16(6-8-18)21-14-32-22-12-19(9-10-20(22)23(21)26)31-13-15-3-2-4-17(11-15)24(27)28/h2-12,14,33H,13H2,1H3,(H,27,28). The molecule has 3 aromatic carbocycles. The van der Waals surface area contributed by atoms with Gasteiger partial charge in [-0.05, 0) is 47.5 Å². The number of rotatable bonds is 7. The molecular formula is C24H19NO7S. The van der Waals surface area contributed by atoms with Crippen molar-refractivity contribution >= 4 is 33.5 Å². The van der Waals surface area contributed by atoms with Crippen molar-refractivity contribution in [3.8, 4) is 16.9 Å². The minimum Gasteiger partial charge on any atom is -0.489 e. The first kappa shape index (κ1) is 22.1. The second-order valence-electron chi connectivity index (χ2n) is 7.24. The number of fused-ring (bicyclic) bond motifs is 1. The van der Waals surface area contributed by atoms with Gasteiger partial charge in [-0.15, -0.1) is 0 Å². The molecule has 1 N–H and O–H groups in total. The van der Waals surface area contributed by atoms with E-state index in [2.05, 4.69) is 0 Å².